The van der Waals surface area contributed by atoms with Crippen LogP contribution >= 0.6 is 0 Å². The van der Waals surface area contributed by atoms with Gasteiger partial charge in [0.25, 0.3) is 5.91 Å². The fourth-order valence-corrected chi connectivity index (χ4v) is 3.58. The average molecular weight is 315 g/mol. The van der Waals surface area contributed by atoms with Gasteiger partial charge < -0.3 is 14.4 Å². The van der Waals surface area contributed by atoms with Crippen molar-refractivity contribution in [3.63, 3.8) is 0 Å². The molecule has 0 saturated carbocycles. The molecule has 2 aliphatic rings. The third kappa shape index (κ3) is 2.52. The van der Waals surface area contributed by atoms with Crippen LogP contribution in [0.2, 0.25) is 0 Å². The summed E-state index contributed by atoms with van der Waals surface area (Å²) < 4.78 is 11.8. The predicted molar refractivity (Wildman–Crippen MR) is 85.3 cm³/mol. The van der Waals surface area contributed by atoms with E-state index in [1.807, 2.05) is 23.1 Å². The zero-order valence-electron chi connectivity index (χ0n) is 13.2. The molecule has 1 spiro atoms. The van der Waals surface area contributed by atoms with Gasteiger partial charge in [0.2, 0.25) is 0 Å². The van der Waals surface area contributed by atoms with Gasteiger partial charge in [0.1, 0.15) is 5.60 Å². The summed E-state index contributed by atoms with van der Waals surface area (Å²) in [5, 5.41) is 7.95. The molecular formula is C17H21N3O3. The van der Waals surface area contributed by atoms with Crippen LogP contribution in [0.3, 0.4) is 0 Å². The number of nitrogens with one attached hydrogen (secondary N) is 1. The number of para-hydroxylation sites is 1. The molecule has 0 radical (unpaired) electrons. The minimum absolute atomic E-state index is 0.0351. The quantitative estimate of drug-likeness (QED) is 0.920. The predicted octanol–water partition coefficient (Wildman–Crippen LogP) is 1.97. The van der Waals surface area contributed by atoms with Gasteiger partial charge in [-0.15, -0.1) is 0 Å². The first-order valence-corrected chi connectivity index (χ1v) is 8.18. The fourth-order valence-electron chi connectivity index (χ4n) is 3.58. The number of ether oxygens (including phenoxy) is 2. The van der Waals surface area contributed by atoms with E-state index < -0.39 is 0 Å². The minimum atomic E-state index is -0.337. The summed E-state index contributed by atoms with van der Waals surface area (Å²) in [7, 11) is 0. The lowest BCUT2D eigenvalue weighted by Crippen LogP contribution is -2.57. The lowest BCUT2D eigenvalue weighted by atomic mass is 9.97. The molecule has 3 heterocycles. The second-order valence-corrected chi connectivity index (χ2v) is 6.46. The van der Waals surface area contributed by atoms with Crippen molar-refractivity contribution in [3.8, 4) is 0 Å². The number of carbonyl (C=O) groups is 1. The normalized spacial score (nSPS) is 27.9. The molecule has 6 heteroatoms. The van der Waals surface area contributed by atoms with E-state index in [-0.39, 0.29) is 17.6 Å². The number of hydrogen-bond donors (Lipinski definition) is 1. The van der Waals surface area contributed by atoms with Crippen LogP contribution < -0.4 is 0 Å². The Hall–Kier alpha value is -1.92. The standard InChI is InChI=1S/C17H21N3O3/c1-2-13-9-20(10-17(23-13)6-7-22-11-17)16(21)14-5-3-4-12-8-18-19-15(12)14/h3-5,8,13H,2,6-7,9-11H2,1H3,(H,18,19). The lowest BCUT2D eigenvalue weighted by Gasteiger charge is -2.43. The first kappa shape index (κ1) is 14.7. The Bertz CT molecular complexity index is 721. The Kier molecular flexibility index (Phi) is 3.58. The van der Waals surface area contributed by atoms with Gasteiger partial charge in [-0.05, 0) is 12.5 Å². The molecule has 1 aromatic carbocycles. The van der Waals surface area contributed by atoms with Crippen molar-refractivity contribution in [1.82, 2.24) is 15.1 Å². The van der Waals surface area contributed by atoms with Crippen LogP contribution in [0, 0.1) is 0 Å². The van der Waals surface area contributed by atoms with Crippen LogP contribution in [0.1, 0.15) is 30.1 Å². The van der Waals surface area contributed by atoms with Gasteiger partial charge in [0.15, 0.2) is 0 Å². The van der Waals surface area contributed by atoms with E-state index in [9.17, 15) is 4.79 Å². The molecule has 4 rings (SSSR count). The van der Waals surface area contributed by atoms with Crippen LogP contribution in [0.15, 0.2) is 24.4 Å². The molecule has 122 valence electrons. The van der Waals surface area contributed by atoms with Crippen molar-refractivity contribution >= 4 is 16.8 Å². The maximum Gasteiger partial charge on any atom is 0.256 e. The van der Waals surface area contributed by atoms with E-state index in [0.717, 1.165) is 23.7 Å². The highest BCUT2D eigenvalue weighted by atomic mass is 16.6. The minimum Gasteiger partial charge on any atom is -0.378 e. The molecule has 2 aromatic rings. The number of fused-ring (bicyclic) bond motifs is 1. The van der Waals surface area contributed by atoms with E-state index in [1.54, 1.807) is 6.20 Å². The molecule has 0 bridgehead atoms. The monoisotopic (exact) mass is 315 g/mol. The summed E-state index contributed by atoms with van der Waals surface area (Å²) in [6.07, 6.45) is 3.55. The zero-order chi connectivity index (χ0) is 15.9. The molecule has 1 amide bonds. The molecule has 1 aromatic heterocycles. The highest BCUT2D eigenvalue weighted by Crippen LogP contribution is 2.32. The number of benzene rings is 1. The second kappa shape index (κ2) is 5.62. The number of carbonyl (C=O) groups excluding carboxylic acids is 1. The van der Waals surface area contributed by atoms with E-state index in [2.05, 4.69) is 17.1 Å². The van der Waals surface area contributed by atoms with E-state index >= 15 is 0 Å². The molecule has 2 aliphatic heterocycles. The van der Waals surface area contributed by atoms with Gasteiger partial charge in [0, 0.05) is 25.0 Å². The number of nitrogens with zero attached hydrogens (tertiary/aromatic N) is 2. The van der Waals surface area contributed by atoms with Crippen molar-refractivity contribution in [1.29, 1.82) is 0 Å². The number of morpholine rings is 1. The Morgan fingerprint density at radius 2 is 2.43 bits per heavy atom. The molecule has 2 fully saturated rings. The smallest absolute Gasteiger partial charge is 0.256 e. The van der Waals surface area contributed by atoms with Gasteiger partial charge in [-0.3, -0.25) is 9.89 Å². The van der Waals surface area contributed by atoms with Gasteiger partial charge >= 0.3 is 0 Å². The average Bonchev–Trinajstić information content (AvgIpc) is 3.22. The zero-order valence-corrected chi connectivity index (χ0v) is 13.2. The molecule has 1 N–H and O–H groups in total. The lowest BCUT2D eigenvalue weighted by molar-refractivity contribution is -0.145. The maximum absolute atomic E-state index is 13.1. The summed E-state index contributed by atoms with van der Waals surface area (Å²) >= 11 is 0. The van der Waals surface area contributed by atoms with Gasteiger partial charge in [-0.1, -0.05) is 19.1 Å². The number of aromatic nitrogens is 2. The topological polar surface area (TPSA) is 67.5 Å². The summed E-state index contributed by atoms with van der Waals surface area (Å²) in [4.78, 5) is 15.0. The van der Waals surface area contributed by atoms with Crippen molar-refractivity contribution in [3.05, 3.63) is 30.0 Å². The molecule has 6 nitrogen and oxygen atoms in total. The Morgan fingerprint density at radius 3 is 3.22 bits per heavy atom. The third-order valence-corrected chi connectivity index (χ3v) is 4.84. The van der Waals surface area contributed by atoms with Crippen molar-refractivity contribution < 1.29 is 14.3 Å². The molecule has 2 unspecified atom stereocenters. The van der Waals surface area contributed by atoms with Gasteiger partial charge in [-0.25, -0.2) is 0 Å². The number of hydrogen-bond acceptors (Lipinski definition) is 4. The fraction of sp³-hybridized carbons (Fsp3) is 0.529. The van der Waals surface area contributed by atoms with Gasteiger partial charge in [-0.2, -0.15) is 5.10 Å². The Morgan fingerprint density at radius 1 is 1.52 bits per heavy atom. The molecule has 2 saturated heterocycles. The Balaban J connectivity index is 1.65. The van der Waals surface area contributed by atoms with Crippen molar-refractivity contribution in [2.75, 3.05) is 26.3 Å². The second-order valence-electron chi connectivity index (χ2n) is 6.46. The van der Waals surface area contributed by atoms with Gasteiger partial charge in [0.05, 0.1) is 36.5 Å². The van der Waals surface area contributed by atoms with E-state index in [0.29, 0.717) is 31.9 Å². The van der Waals surface area contributed by atoms with E-state index in [4.69, 9.17) is 9.47 Å². The SMILES string of the molecule is CCC1CN(C(=O)c2cccc3cn[nH]c23)CC2(CCOC2)O1. The molecular weight excluding hydrogens is 294 g/mol. The number of aromatic amines is 1. The summed E-state index contributed by atoms with van der Waals surface area (Å²) in [5.41, 5.74) is 1.13. The van der Waals surface area contributed by atoms with Crippen LogP contribution in [0.25, 0.3) is 10.9 Å². The van der Waals surface area contributed by atoms with Crippen LogP contribution in [-0.2, 0) is 9.47 Å². The summed E-state index contributed by atoms with van der Waals surface area (Å²) in [6.45, 7) is 4.59. The van der Waals surface area contributed by atoms with E-state index in [1.165, 1.54) is 0 Å². The summed E-state index contributed by atoms with van der Waals surface area (Å²) in [6, 6.07) is 5.71. The highest BCUT2D eigenvalue weighted by molar-refractivity contribution is 6.05. The first-order valence-electron chi connectivity index (χ1n) is 8.18. The maximum atomic E-state index is 13.1. The third-order valence-electron chi connectivity index (χ3n) is 4.84. The highest BCUT2D eigenvalue weighted by Gasteiger charge is 2.44. The number of H-pyrrole nitrogens is 1. The summed E-state index contributed by atoms with van der Waals surface area (Å²) in [5.74, 6) is 0.0351. The largest absolute Gasteiger partial charge is 0.378 e. The number of rotatable bonds is 2. The van der Waals surface area contributed by atoms with Crippen molar-refractivity contribution in [2.45, 2.75) is 31.5 Å². The first-order chi connectivity index (χ1) is 11.2. The van der Waals surface area contributed by atoms with Crippen molar-refractivity contribution in [2.24, 2.45) is 0 Å². The Labute approximate surface area is 134 Å². The molecule has 0 aliphatic carbocycles. The van der Waals surface area contributed by atoms with Crippen LogP contribution in [0.5, 0.6) is 0 Å². The molecule has 2 atom stereocenters. The molecule has 23 heavy (non-hydrogen) atoms. The number of amides is 1. The van der Waals surface area contributed by atoms with Crippen LogP contribution in [-0.4, -0.2) is 59.0 Å². The van der Waals surface area contributed by atoms with Crippen LogP contribution in [0.4, 0.5) is 0 Å².